The molecular weight excluding hydrogens is 260 g/mol. The third kappa shape index (κ3) is 3.29. The number of hydrogen-bond acceptors (Lipinski definition) is 2. The van der Waals surface area contributed by atoms with Crippen LogP contribution >= 0.6 is 0 Å². The van der Waals surface area contributed by atoms with Crippen LogP contribution in [0.15, 0.2) is 72.0 Å². The van der Waals surface area contributed by atoms with Crippen LogP contribution in [0, 0.1) is 6.92 Å². The Balaban J connectivity index is 1.79. The van der Waals surface area contributed by atoms with Crippen molar-refractivity contribution in [3.8, 4) is 0 Å². The summed E-state index contributed by atoms with van der Waals surface area (Å²) in [6.07, 6.45) is 4.32. The Bertz CT molecular complexity index is 707. The summed E-state index contributed by atoms with van der Waals surface area (Å²) in [7, 11) is 0. The van der Waals surface area contributed by atoms with Crippen LogP contribution in [0.2, 0.25) is 0 Å². The number of hydrogen-bond donors (Lipinski definition) is 0. The summed E-state index contributed by atoms with van der Waals surface area (Å²) < 4.78 is 5.33. The highest BCUT2D eigenvalue weighted by molar-refractivity contribution is 5.99. The molecular formula is C19H16O2. The maximum absolute atomic E-state index is 11.9. The zero-order valence-electron chi connectivity index (χ0n) is 11.9. The number of allylic oxidation sites excluding steroid dienone is 1. The zero-order valence-corrected chi connectivity index (χ0v) is 11.9. The third-order valence-electron chi connectivity index (χ3n) is 3.40. The van der Waals surface area contributed by atoms with Gasteiger partial charge >= 0.3 is 5.97 Å². The predicted molar refractivity (Wildman–Crippen MR) is 83.5 cm³/mol. The summed E-state index contributed by atoms with van der Waals surface area (Å²) in [6, 6.07) is 18.0. The second-order valence-electron chi connectivity index (χ2n) is 5.17. The topological polar surface area (TPSA) is 26.3 Å². The van der Waals surface area contributed by atoms with Gasteiger partial charge in [0, 0.05) is 6.42 Å². The molecule has 0 atom stereocenters. The van der Waals surface area contributed by atoms with Gasteiger partial charge < -0.3 is 4.74 Å². The molecule has 0 amide bonds. The molecule has 0 N–H and O–H groups in total. The summed E-state index contributed by atoms with van der Waals surface area (Å²) in [5.74, 6) is 0.423. The van der Waals surface area contributed by atoms with Crippen LogP contribution in [-0.4, -0.2) is 5.97 Å². The van der Waals surface area contributed by atoms with Crippen molar-refractivity contribution in [3.63, 3.8) is 0 Å². The van der Waals surface area contributed by atoms with Crippen LogP contribution in [0.25, 0.3) is 6.08 Å². The molecule has 0 spiro atoms. The average molecular weight is 276 g/mol. The minimum absolute atomic E-state index is 0.277. The maximum Gasteiger partial charge on any atom is 0.343 e. The van der Waals surface area contributed by atoms with Crippen molar-refractivity contribution in [2.75, 3.05) is 0 Å². The largest absolute Gasteiger partial charge is 0.427 e. The maximum atomic E-state index is 11.9. The molecule has 1 aliphatic rings. The minimum atomic E-state index is -0.277. The van der Waals surface area contributed by atoms with Gasteiger partial charge in [-0.15, -0.1) is 0 Å². The monoisotopic (exact) mass is 276 g/mol. The lowest BCUT2D eigenvalue weighted by Crippen LogP contribution is -1.98. The molecule has 0 radical (unpaired) electrons. The van der Waals surface area contributed by atoms with Crippen molar-refractivity contribution >= 4 is 12.0 Å². The molecule has 2 aromatic carbocycles. The van der Waals surface area contributed by atoms with E-state index < -0.39 is 0 Å². The normalized spacial score (nSPS) is 16.0. The molecule has 0 aromatic heterocycles. The van der Waals surface area contributed by atoms with Crippen molar-refractivity contribution in [3.05, 3.63) is 88.7 Å². The van der Waals surface area contributed by atoms with Crippen molar-refractivity contribution in [2.24, 2.45) is 0 Å². The molecule has 21 heavy (non-hydrogen) atoms. The molecule has 2 nitrogen and oxygen atoms in total. The molecule has 2 heteroatoms. The van der Waals surface area contributed by atoms with Crippen LogP contribution in [0.5, 0.6) is 0 Å². The summed E-state index contributed by atoms with van der Waals surface area (Å²) in [6.45, 7) is 2.05. The highest BCUT2D eigenvalue weighted by Gasteiger charge is 2.20. The first-order chi connectivity index (χ1) is 10.2. The van der Waals surface area contributed by atoms with E-state index in [1.807, 2.05) is 42.5 Å². The number of ether oxygens (including phenoxy) is 1. The first kappa shape index (κ1) is 13.4. The van der Waals surface area contributed by atoms with E-state index >= 15 is 0 Å². The number of benzene rings is 2. The van der Waals surface area contributed by atoms with Gasteiger partial charge in [0.1, 0.15) is 5.76 Å². The van der Waals surface area contributed by atoms with E-state index in [4.69, 9.17) is 4.74 Å². The molecule has 0 fully saturated rings. The smallest absolute Gasteiger partial charge is 0.343 e. The molecule has 1 aliphatic heterocycles. The Labute approximate surface area is 124 Å². The number of carbonyl (C=O) groups is 1. The molecule has 0 aliphatic carbocycles. The number of cyclic esters (lactones) is 1. The highest BCUT2D eigenvalue weighted by atomic mass is 16.5. The molecule has 104 valence electrons. The number of carbonyl (C=O) groups excluding carboxylic acids is 1. The fourth-order valence-electron chi connectivity index (χ4n) is 2.26. The molecule has 0 bridgehead atoms. The second-order valence-corrected chi connectivity index (χ2v) is 5.17. The highest BCUT2D eigenvalue weighted by Crippen LogP contribution is 2.22. The van der Waals surface area contributed by atoms with E-state index in [0.29, 0.717) is 17.8 Å². The fraction of sp³-hybridized carbons (Fsp3) is 0.105. The van der Waals surface area contributed by atoms with E-state index in [1.54, 1.807) is 0 Å². The van der Waals surface area contributed by atoms with Crippen molar-refractivity contribution < 1.29 is 9.53 Å². The van der Waals surface area contributed by atoms with Gasteiger partial charge in [0.2, 0.25) is 0 Å². The average Bonchev–Trinajstić information content (AvgIpc) is 2.82. The van der Waals surface area contributed by atoms with E-state index in [0.717, 1.165) is 11.1 Å². The van der Waals surface area contributed by atoms with Gasteiger partial charge in [0.25, 0.3) is 0 Å². The van der Waals surface area contributed by atoms with Crippen molar-refractivity contribution in [1.29, 1.82) is 0 Å². The van der Waals surface area contributed by atoms with Gasteiger partial charge in [0.15, 0.2) is 0 Å². The second kappa shape index (κ2) is 5.80. The molecule has 3 rings (SSSR count). The SMILES string of the molecule is Cc1ccc(CC2=C/C(=C\c3ccccc3)C(=O)O2)cc1. The Hall–Kier alpha value is -2.61. The van der Waals surface area contributed by atoms with Gasteiger partial charge in [-0.05, 0) is 30.2 Å². The molecule has 2 aromatic rings. The summed E-state index contributed by atoms with van der Waals surface area (Å²) >= 11 is 0. The first-order valence-electron chi connectivity index (χ1n) is 6.96. The lowest BCUT2D eigenvalue weighted by Gasteiger charge is -2.02. The van der Waals surface area contributed by atoms with Crippen LogP contribution in [0.4, 0.5) is 0 Å². The van der Waals surface area contributed by atoms with Crippen LogP contribution in [-0.2, 0) is 16.0 Å². The van der Waals surface area contributed by atoms with Gasteiger partial charge in [-0.3, -0.25) is 0 Å². The molecule has 0 saturated carbocycles. The molecule has 1 heterocycles. The van der Waals surface area contributed by atoms with Gasteiger partial charge in [-0.2, -0.15) is 0 Å². The number of rotatable bonds is 3. The van der Waals surface area contributed by atoms with Gasteiger partial charge in [-0.25, -0.2) is 4.79 Å². The Morgan fingerprint density at radius 2 is 1.71 bits per heavy atom. The van der Waals surface area contributed by atoms with Gasteiger partial charge in [-0.1, -0.05) is 60.2 Å². The van der Waals surface area contributed by atoms with Crippen LogP contribution in [0.1, 0.15) is 16.7 Å². The van der Waals surface area contributed by atoms with Gasteiger partial charge in [0.05, 0.1) is 5.57 Å². The molecule has 0 unspecified atom stereocenters. The summed E-state index contributed by atoms with van der Waals surface area (Å²) in [5, 5.41) is 0. The standard InChI is InChI=1S/C19H16O2/c1-14-7-9-16(10-8-14)12-18-13-17(19(20)21-18)11-15-5-3-2-4-6-15/h2-11,13H,12H2,1H3/b17-11+. The number of aryl methyl sites for hydroxylation is 1. The predicted octanol–water partition coefficient (Wildman–Crippen LogP) is 4.06. The number of esters is 1. The minimum Gasteiger partial charge on any atom is -0.427 e. The zero-order chi connectivity index (χ0) is 14.7. The van der Waals surface area contributed by atoms with Crippen LogP contribution < -0.4 is 0 Å². The third-order valence-corrected chi connectivity index (χ3v) is 3.40. The fourth-order valence-corrected chi connectivity index (χ4v) is 2.26. The van der Waals surface area contributed by atoms with Crippen molar-refractivity contribution in [2.45, 2.75) is 13.3 Å². The van der Waals surface area contributed by atoms with Crippen LogP contribution in [0.3, 0.4) is 0 Å². The molecule has 0 saturated heterocycles. The Morgan fingerprint density at radius 1 is 1.00 bits per heavy atom. The summed E-state index contributed by atoms with van der Waals surface area (Å²) in [5.41, 5.74) is 3.96. The van der Waals surface area contributed by atoms with E-state index in [1.165, 1.54) is 5.56 Å². The van der Waals surface area contributed by atoms with Crippen molar-refractivity contribution in [1.82, 2.24) is 0 Å². The van der Waals surface area contributed by atoms with E-state index in [9.17, 15) is 4.79 Å². The first-order valence-corrected chi connectivity index (χ1v) is 6.96. The summed E-state index contributed by atoms with van der Waals surface area (Å²) in [4.78, 5) is 11.9. The lowest BCUT2D eigenvalue weighted by molar-refractivity contribution is -0.133. The van der Waals surface area contributed by atoms with E-state index in [2.05, 4.69) is 31.2 Å². The quantitative estimate of drug-likeness (QED) is 0.624. The Kier molecular flexibility index (Phi) is 3.69. The Morgan fingerprint density at radius 3 is 2.43 bits per heavy atom. The lowest BCUT2D eigenvalue weighted by atomic mass is 10.1. The van der Waals surface area contributed by atoms with E-state index in [-0.39, 0.29) is 5.97 Å².